The molecule has 3 aromatic rings. The van der Waals surface area contributed by atoms with Crippen LogP contribution < -0.4 is 14.2 Å². The van der Waals surface area contributed by atoms with Crippen molar-refractivity contribution in [1.82, 2.24) is 4.90 Å². The van der Waals surface area contributed by atoms with Gasteiger partial charge in [0.25, 0.3) is 0 Å². The number of benzene rings is 3. The molecule has 1 amide bonds. The normalized spacial score (nSPS) is 17.5. The highest BCUT2D eigenvalue weighted by atomic mass is 16.6. The van der Waals surface area contributed by atoms with Crippen molar-refractivity contribution in [3.05, 3.63) is 42.0 Å². The second-order valence-corrected chi connectivity index (χ2v) is 8.53. The van der Waals surface area contributed by atoms with E-state index in [1.54, 1.807) is 28.3 Å². The van der Waals surface area contributed by atoms with E-state index in [-0.39, 0.29) is 13.0 Å². The minimum Gasteiger partial charge on any atom is -0.497 e. The molecule has 1 saturated heterocycles. The number of ether oxygens (including phenoxy) is 5. The van der Waals surface area contributed by atoms with Crippen molar-refractivity contribution in [3.63, 3.8) is 0 Å². The van der Waals surface area contributed by atoms with E-state index in [0.717, 1.165) is 32.9 Å². The van der Waals surface area contributed by atoms with E-state index in [1.807, 2.05) is 30.3 Å². The van der Waals surface area contributed by atoms with Gasteiger partial charge in [-0.3, -0.25) is 4.90 Å². The SMILES string of the molecule is CCOC(=O)N1CCCC1(Cc1cc2ccc(OC)cc2c2cc(OC)c(OC)cc12)C(=O)OC. The Morgan fingerprint density at radius 3 is 2.26 bits per heavy atom. The van der Waals surface area contributed by atoms with Crippen molar-refractivity contribution >= 4 is 33.6 Å². The maximum Gasteiger partial charge on any atom is 0.410 e. The number of carbonyl (C=O) groups excluding carboxylic acids is 2. The number of likely N-dealkylation sites (tertiary alicyclic amines) is 1. The summed E-state index contributed by atoms with van der Waals surface area (Å²) in [5, 5.41) is 3.77. The number of carbonyl (C=O) groups is 2. The Hall–Kier alpha value is -3.68. The fraction of sp³-hybridized carbons (Fsp3) is 0.407. The molecule has 0 aliphatic carbocycles. The molecule has 0 bridgehead atoms. The molecule has 0 aromatic heterocycles. The van der Waals surface area contributed by atoms with Gasteiger partial charge < -0.3 is 23.7 Å². The first-order valence-corrected chi connectivity index (χ1v) is 11.6. The van der Waals surface area contributed by atoms with Crippen LogP contribution in [0.3, 0.4) is 0 Å². The van der Waals surface area contributed by atoms with Gasteiger partial charge in [0.15, 0.2) is 11.5 Å². The van der Waals surface area contributed by atoms with Gasteiger partial charge in [0, 0.05) is 13.0 Å². The second kappa shape index (κ2) is 9.90. The first-order chi connectivity index (χ1) is 16.9. The van der Waals surface area contributed by atoms with Crippen molar-refractivity contribution in [2.75, 3.05) is 41.6 Å². The number of fused-ring (bicyclic) bond motifs is 3. The summed E-state index contributed by atoms with van der Waals surface area (Å²) in [5.74, 6) is 1.45. The zero-order valence-electron chi connectivity index (χ0n) is 20.8. The van der Waals surface area contributed by atoms with Gasteiger partial charge >= 0.3 is 12.1 Å². The molecule has 35 heavy (non-hydrogen) atoms. The molecule has 1 aliphatic heterocycles. The second-order valence-electron chi connectivity index (χ2n) is 8.53. The third kappa shape index (κ3) is 4.17. The zero-order valence-corrected chi connectivity index (χ0v) is 20.8. The number of nitrogens with zero attached hydrogens (tertiary/aromatic N) is 1. The molecule has 0 radical (unpaired) electrons. The average Bonchev–Trinajstić information content (AvgIpc) is 3.32. The zero-order chi connectivity index (χ0) is 25.2. The molecule has 1 heterocycles. The molecular weight excluding hydrogens is 450 g/mol. The Morgan fingerprint density at radius 2 is 1.63 bits per heavy atom. The maximum atomic E-state index is 13.2. The van der Waals surface area contributed by atoms with Crippen molar-refractivity contribution in [2.45, 2.75) is 31.7 Å². The van der Waals surface area contributed by atoms with Crippen molar-refractivity contribution in [3.8, 4) is 17.2 Å². The molecule has 0 N–H and O–H groups in total. The van der Waals surface area contributed by atoms with Crippen molar-refractivity contribution in [2.24, 2.45) is 0 Å². The number of amides is 1. The molecule has 186 valence electrons. The van der Waals surface area contributed by atoms with Gasteiger partial charge in [-0.1, -0.05) is 12.1 Å². The highest BCUT2D eigenvalue weighted by Crippen LogP contribution is 2.42. The standard InChI is InChI=1S/C27H31NO7/c1-6-35-26(30)28-11-7-10-27(28,25(29)34-5)16-18-12-17-8-9-19(31-2)13-20(17)22-15-24(33-4)23(32-3)14-21(18)22/h8-9,12-15H,6-7,10-11,16H2,1-5H3. The molecule has 3 aromatic carbocycles. The summed E-state index contributed by atoms with van der Waals surface area (Å²) in [6, 6.07) is 11.8. The van der Waals surface area contributed by atoms with Gasteiger partial charge in [0.05, 0.1) is 35.0 Å². The summed E-state index contributed by atoms with van der Waals surface area (Å²) in [5.41, 5.74) is -0.276. The van der Waals surface area contributed by atoms with E-state index >= 15 is 0 Å². The number of hydrogen-bond donors (Lipinski definition) is 0. The van der Waals surface area contributed by atoms with Crippen LogP contribution in [0.25, 0.3) is 21.5 Å². The largest absolute Gasteiger partial charge is 0.497 e. The predicted molar refractivity (Wildman–Crippen MR) is 133 cm³/mol. The summed E-state index contributed by atoms with van der Waals surface area (Å²) in [4.78, 5) is 27.6. The van der Waals surface area contributed by atoms with E-state index in [0.29, 0.717) is 30.9 Å². The van der Waals surface area contributed by atoms with Crippen molar-refractivity contribution in [1.29, 1.82) is 0 Å². The predicted octanol–water partition coefficient (Wildman–Crippen LogP) is 4.73. The molecule has 8 heteroatoms. The van der Waals surface area contributed by atoms with Crippen LogP contribution in [0.2, 0.25) is 0 Å². The lowest BCUT2D eigenvalue weighted by Crippen LogP contribution is -2.55. The highest BCUT2D eigenvalue weighted by Gasteiger charge is 2.51. The number of methoxy groups -OCH3 is 4. The Morgan fingerprint density at radius 1 is 0.914 bits per heavy atom. The number of hydrogen-bond acceptors (Lipinski definition) is 7. The van der Waals surface area contributed by atoms with Crippen LogP contribution >= 0.6 is 0 Å². The van der Waals surface area contributed by atoms with Gasteiger partial charge in [0.2, 0.25) is 0 Å². The lowest BCUT2D eigenvalue weighted by molar-refractivity contribution is -0.152. The maximum absolute atomic E-state index is 13.2. The van der Waals surface area contributed by atoms with Gasteiger partial charge in [0.1, 0.15) is 11.3 Å². The fourth-order valence-electron chi connectivity index (χ4n) is 5.12. The smallest absolute Gasteiger partial charge is 0.410 e. The molecule has 0 saturated carbocycles. The number of rotatable bonds is 7. The quantitative estimate of drug-likeness (QED) is 0.356. The Labute approximate surface area is 204 Å². The average molecular weight is 482 g/mol. The van der Waals surface area contributed by atoms with Gasteiger partial charge in [-0.15, -0.1) is 0 Å². The Kier molecular flexibility index (Phi) is 6.91. The minimum atomic E-state index is -1.17. The molecule has 4 rings (SSSR count). The van der Waals surface area contributed by atoms with Crippen LogP contribution in [0, 0.1) is 0 Å². The minimum absolute atomic E-state index is 0.227. The first kappa shape index (κ1) is 24.4. The summed E-state index contributed by atoms with van der Waals surface area (Å²) < 4.78 is 27.1. The molecule has 8 nitrogen and oxygen atoms in total. The van der Waals surface area contributed by atoms with Gasteiger partial charge in [-0.05, 0) is 71.1 Å². The first-order valence-electron chi connectivity index (χ1n) is 11.6. The van der Waals surface area contributed by atoms with E-state index in [4.69, 9.17) is 23.7 Å². The molecule has 0 spiro atoms. The Bertz CT molecular complexity index is 1270. The van der Waals surface area contributed by atoms with Crippen molar-refractivity contribution < 1.29 is 33.3 Å². The van der Waals surface area contributed by atoms with Crippen LogP contribution in [0.4, 0.5) is 4.79 Å². The van der Waals surface area contributed by atoms with Crippen LogP contribution in [-0.4, -0.2) is 64.1 Å². The fourth-order valence-corrected chi connectivity index (χ4v) is 5.12. The lowest BCUT2D eigenvalue weighted by atomic mass is 9.84. The van der Waals surface area contributed by atoms with E-state index in [1.165, 1.54) is 12.0 Å². The summed E-state index contributed by atoms with van der Waals surface area (Å²) in [6.07, 6.45) is 0.915. The third-order valence-electron chi connectivity index (χ3n) is 6.78. The highest BCUT2D eigenvalue weighted by molar-refractivity contribution is 6.10. The molecule has 1 atom stereocenters. The van der Waals surface area contributed by atoms with Crippen LogP contribution in [0.15, 0.2) is 36.4 Å². The summed E-state index contributed by atoms with van der Waals surface area (Å²) in [7, 11) is 6.16. The third-order valence-corrected chi connectivity index (χ3v) is 6.78. The van der Waals surface area contributed by atoms with E-state index in [2.05, 4.69) is 6.07 Å². The molecule has 1 fully saturated rings. The van der Waals surface area contributed by atoms with Gasteiger partial charge in [-0.25, -0.2) is 9.59 Å². The topological polar surface area (TPSA) is 83.5 Å². The summed E-state index contributed by atoms with van der Waals surface area (Å²) in [6.45, 7) is 2.40. The lowest BCUT2D eigenvalue weighted by Gasteiger charge is -2.35. The monoisotopic (exact) mass is 481 g/mol. The summed E-state index contributed by atoms with van der Waals surface area (Å²) >= 11 is 0. The van der Waals surface area contributed by atoms with E-state index in [9.17, 15) is 9.59 Å². The van der Waals surface area contributed by atoms with Crippen LogP contribution in [0.5, 0.6) is 17.2 Å². The molecule has 1 aliphatic rings. The van der Waals surface area contributed by atoms with E-state index < -0.39 is 17.6 Å². The molecular formula is C27H31NO7. The Balaban J connectivity index is 1.97. The van der Waals surface area contributed by atoms with Crippen LogP contribution in [-0.2, 0) is 20.7 Å². The molecule has 1 unspecified atom stereocenters. The van der Waals surface area contributed by atoms with Crippen LogP contribution in [0.1, 0.15) is 25.3 Å². The number of esters is 1. The van der Waals surface area contributed by atoms with Gasteiger partial charge in [-0.2, -0.15) is 0 Å².